The summed E-state index contributed by atoms with van der Waals surface area (Å²) in [5.74, 6) is 0. The van der Waals surface area contributed by atoms with Gasteiger partial charge in [0.05, 0.1) is 5.51 Å². The Morgan fingerprint density at radius 2 is 2.32 bits per heavy atom. The zero-order valence-corrected chi connectivity index (χ0v) is 15.3. The number of rotatable bonds is 6. The molecule has 0 amide bonds. The molecule has 1 aromatic carbocycles. The van der Waals surface area contributed by atoms with Crippen LogP contribution in [0.15, 0.2) is 34.4 Å². The molecule has 19 heavy (non-hydrogen) atoms. The third kappa shape index (κ3) is 4.51. The Hall–Kier alpha value is 0.0200. The molecule has 1 unspecified atom stereocenters. The van der Waals surface area contributed by atoms with Crippen molar-refractivity contribution in [2.75, 3.05) is 6.54 Å². The first-order valence-electron chi connectivity index (χ1n) is 6.26. The number of hydrogen-bond acceptors (Lipinski definition) is 3. The van der Waals surface area contributed by atoms with Crippen LogP contribution in [0.3, 0.4) is 0 Å². The van der Waals surface area contributed by atoms with E-state index in [9.17, 15) is 0 Å². The van der Waals surface area contributed by atoms with Gasteiger partial charge >= 0.3 is 0 Å². The second-order valence-corrected chi connectivity index (χ2v) is 7.39. The Kier molecular flexibility index (Phi) is 6.25. The fourth-order valence-corrected chi connectivity index (χ4v) is 3.67. The van der Waals surface area contributed by atoms with E-state index in [1.807, 2.05) is 11.7 Å². The zero-order valence-electron chi connectivity index (χ0n) is 10.7. The molecule has 102 valence electrons. The van der Waals surface area contributed by atoms with Crippen LogP contribution in [0, 0.1) is 3.57 Å². The van der Waals surface area contributed by atoms with Gasteiger partial charge < -0.3 is 5.32 Å². The predicted octanol–water partition coefficient (Wildman–Crippen LogP) is 4.79. The van der Waals surface area contributed by atoms with Crippen molar-refractivity contribution in [2.45, 2.75) is 25.8 Å². The fourth-order valence-electron chi connectivity index (χ4n) is 1.94. The van der Waals surface area contributed by atoms with Gasteiger partial charge in [-0.25, -0.2) is 0 Å². The highest BCUT2D eigenvalue weighted by Gasteiger charge is 2.15. The van der Waals surface area contributed by atoms with Crippen LogP contribution in [0.2, 0.25) is 0 Å². The molecule has 0 aliphatic carbocycles. The second kappa shape index (κ2) is 7.71. The summed E-state index contributed by atoms with van der Waals surface area (Å²) in [5, 5.41) is 3.65. The van der Waals surface area contributed by atoms with Crippen molar-refractivity contribution in [2.24, 2.45) is 0 Å². The summed E-state index contributed by atoms with van der Waals surface area (Å²) in [6.07, 6.45) is 4.11. The van der Waals surface area contributed by atoms with Gasteiger partial charge in [0, 0.05) is 31.6 Å². The molecule has 1 heterocycles. The number of hydrogen-bond donors (Lipinski definition) is 1. The van der Waals surface area contributed by atoms with Crippen LogP contribution < -0.4 is 5.32 Å². The molecule has 0 spiro atoms. The van der Waals surface area contributed by atoms with Gasteiger partial charge in [-0.3, -0.25) is 4.98 Å². The zero-order chi connectivity index (χ0) is 13.7. The van der Waals surface area contributed by atoms with Crippen LogP contribution in [0.5, 0.6) is 0 Å². The van der Waals surface area contributed by atoms with Gasteiger partial charge in [-0.2, -0.15) is 0 Å². The van der Waals surface area contributed by atoms with Gasteiger partial charge in [-0.1, -0.05) is 22.9 Å². The van der Waals surface area contributed by atoms with Crippen LogP contribution in [0.4, 0.5) is 0 Å². The predicted molar refractivity (Wildman–Crippen MR) is 93.7 cm³/mol. The Morgan fingerprint density at radius 3 is 3.00 bits per heavy atom. The van der Waals surface area contributed by atoms with Crippen LogP contribution in [-0.4, -0.2) is 11.5 Å². The summed E-state index contributed by atoms with van der Waals surface area (Å²) in [4.78, 5) is 5.49. The quantitative estimate of drug-likeness (QED) is 0.639. The lowest BCUT2D eigenvalue weighted by molar-refractivity contribution is 0.530. The number of benzene rings is 1. The van der Waals surface area contributed by atoms with Crippen molar-refractivity contribution in [3.8, 4) is 0 Å². The Morgan fingerprint density at radius 1 is 1.47 bits per heavy atom. The molecule has 2 nitrogen and oxygen atoms in total. The number of halogens is 2. The summed E-state index contributed by atoms with van der Waals surface area (Å²) in [6.45, 7) is 3.23. The molecule has 0 aliphatic heterocycles. The van der Waals surface area contributed by atoms with E-state index in [1.54, 1.807) is 11.3 Å². The lowest BCUT2D eigenvalue weighted by Crippen LogP contribution is -2.24. The van der Waals surface area contributed by atoms with Crippen LogP contribution >= 0.6 is 49.9 Å². The van der Waals surface area contributed by atoms with Gasteiger partial charge in [0.1, 0.15) is 0 Å². The number of nitrogens with zero attached hydrogens (tertiary/aromatic N) is 1. The SMILES string of the molecule is CCCNC(Cc1cncs1)c1cc(Br)ccc1I. The molecule has 2 rings (SSSR count). The Balaban J connectivity index is 2.23. The molecule has 0 bridgehead atoms. The summed E-state index contributed by atoms with van der Waals surface area (Å²) < 4.78 is 2.44. The van der Waals surface area contributed by atoms with Crippen LogP contribution in [-0.2, 0) is 6.42 Å². The average Bonchev–Trinajstić information content (AvgIpc) is 2.90. The molecule has 2 aromatic rings. The fraction of sp³-hybridized carbons (Fsp3) is 0.357. The van der Waals surface area contributed by atoms with Crippen LogP contribution in [0.1, 0.15) is 29.8 Å². The van der Waals surface area contributed by atoms with Crippen LogP contribution in [0.25, 0.3) is 0 Å². The number of aromatic nitrogens is 1. The van der Waals surface area contributed by atoms with Gasteiger partial charge in [0.25, 0.3) is 0 Å². The maximum absolute atomic E-state index is 4.17. The Labute approximate surface area is 140 Å². The van der Waals surface area contributed by atoms with Crippen molar-refractivity contribution < 1.29 is 0 Å². The van der Waals surface area contributed by atoms with E-state index in [4.69, 9.17) is 0 Å². The monoisotopic (exact) mass is 450 g/mol. The summed E-state index contributed by atoms with van der Waals surface area (Å²) in [5.41, 5.74) is 3.26. The van der Waals surface area contributed by atoms with Crippen molar-refractivity contribution >= 4 is 49.9 Å². The van der Waals surface area contributed by atoms with E-state index in [0.717, 1.165) is 23.9 Å². The molecular weight excluding hydrogens is 435 g/mol. The first-order valence-corrected chi connectivity index (χ1v) is 9.01. The molecule has 0 saturated heterocycles. The van der Waals surface area contributed by atoms with Gasteiger partial charge in [-0.05, 0) is 59.3 Å². The third-order valence-corrected chi connectivity index (χ3v) is 5.14. The molecular formula is C14H16BrIN2S. The largest absolute Gasteiger partial charge is 0.310 e. The van der Waals surface area contributed by atoms with E-state index in [-0.39, 0.29) is 0 Å². The van der Waals surface area contributed by atoms with Crippen molar-refractivity contribution in [3.63, 3.8) is 0 Å². The molecule has 1 atom stereocenters. The molecule has 0 aliphatic rings. The minimum atomic E-state index is 0.352. The summed E-state index contributed by atoms with van der Waals surface area (Å²) >= 11 is 7.71. The number of thiazole rings is 1. The van der Waals surface area contributed by atoms with Gasteiger partial charge in [-0.15, -0.1) is 11.3 Å². The van der Waals surface area contributed by atoms with E-state index in [0.29, 0.717) is 6.04 Å². The van der Waals surface area contributed by atoms with Crippen molar-refractivity contribution in [3.05, 3.63) is 48.4 Å². The lowest BCUT2D eigenvalue weighted by atomic mass is 10.0. The van der Waals surface area contributed by atoms with Crippen molar-refractivity contribution in [1.82, 2.24) is 10.3 Å². The highest BCUT2D eigenvalue weighted by molar-refractivity contribution is 14.1. The van der Waals surface area contributed by atoms with E-state index in [1.165, 1.54) is 14.0 Å². The number of nitrogens with one attached hydrogen (secondary N) is 1. The first kappa shape index (κ1) is 15.4. The highest BCUT2D eigenvalue weighted by Crippen LogP contribution is 2.27. The maximum atomic E-state index is 4.17. The van der Waals surface area contributed by atoms with Gasteiger partial charge in [0.15, 0.2) is 0 Å². The second-order valence-electron chi connectivity index (χ2n) is 4.34. The smallest absolute Gasteiger partial charge is 0.0794 e. The minimum absolute atomic E-state index is 0.352. The van der Waals surface area contributed by atoms with E-state index < -0.39 is 0 Å². The lowest BCUT2D eigenvalue weighted by Gasteiger charge is -2.20. The molecule has 0 fully saturated rings. The Bertz CT molecular complexity index is 516. The summed E-state index contributed by atoms with van der Waals surface area (Å²) in [6, 6.07) is 6.82. The highest BCUT2D eigenvalue weighted by atomic mass is 127. The molecule has 0 radical (unpaired) electrons. The van der Waals surface area contributed by atoms with Gasteiger partial charge in [0.2, 0.25) is 0 Å². The third-order valence-electron chi connectivity index (χ3n) is 2.86. The topological polar surface area (TPSA) is 24.9 Å². The molecule has 1 aromatic heterocycles. The van der Waals surface area contributed by atoms with E-state index in [2.05, 4.69) is 73.9 Å². The normalized spacial score (nSPS) is 12.6. The molecule has 0 saturated carbocycles. The maximum Gasteiger partial charge on any atom is 0.0794 e. The molecule has 1 N–H and O–H groups in total. The first-order chi connectivity index (χ1) is 9.20. The standard InChI is InChI=1S/C14H16BrIN2S/c1-2-5-18-14(7-11-8-17-9-19-11)12-6-10(15)3-4-13(12)16/h3-4,6,8-9,14,18H,2,5,7H2,1H3. The van der Waals surface area contributed by atoms with E-state index >= 15 is 0 Å². The average molecular weight is 451 g/mol. The molecule has 5 heteroatoms. The minimum Gasteiger partial charge on any atom is -0.310 e. The summed E-state index contributed by atoms with van der Waals surface area (Å²) in [7, 11) is 0. The van der Waals surface area contributed by atoms with Crippen molar-refractivity contribution in [1.29, 1.82) is 0 Å².